The van der Waals surface area contributed by atoms with Crippen molar-refractivity contribution >= 4 is 21.7 Å². The monoisotopic (exact) mass is 296 g/mol. The molecule has 0 spiro atoms. The lowest BCUT2D eigenvalue weighted by atomic mass is 10.0. The number of benzene rings is 2. The van der Waals surface area contributed by atoms with Crippen LogP contribution in [0.5, 0.6) is 0 Å². The smallest absolute Gasteiger partial charge is 0.196 e. The molecular weight excluding hydrogens is 290 g/mol. The van der Waals surface area contributed by atoms with Crippen molar-refractivity contribution < 1.29 is 13.6 Å². The van der Waals surface area contributed by atoms with E-state index < -0.39 is 17.4 Å². The van der Waals surface area contributed by atoms with Gasteiger partial charge >= 0.3 is 0 Å². The van der Waals surface area contributed by atoms with Crippen molar-refractivity contribution in [1.29, 1.82) is 0 Å². The van der Waals surface area contributed by atoms with Gasteiger partial charge < -0.3 is 0 Å². The Morgan fingerprint density at radius 3 is 2.35 bits per heavy atom. The first-order valence-corrected chi connectivity index (χ1v) is 5.63. The van der Waals surface area contributed by atoms with Crippen LogP contribution in [0.1, 0.15) is 15.9 Å². The van der Waals surface area contributed by atoms with Gasteiger partial charge in [-0.2, -0.15) is 0 Å². The van der Waals surface area contributed by atoms with Gasteiger partial charge in [0.25, 0.3) is 0 Å². The van der Waals surface area contributed by atoms with E-state index in [1.54, 1.807) is 6.07 Å². The molecule has 0 radical (unpaired) electrons. The van der Waals surface area contributed by atoms with Gasteiger partial charge in [-0.05, 0) is 46.3 Å². The van der Waals surface area contributed by atoms with Crippen LogP contribution >= 0.6 is 15.9 Å². The van der Waals surface area contributed by atoms with Crippen LogP contribution in [0.15, 0.2) is 46.9 Å². The summed E-state index contributed by atoms with van der Waals surface area (Å²) in [5.41, 5.74) is 0.217. The summed E-state index contributed by atoms with van der Waals surface area (Å²) in [5, 5.41) is 0. The number of carbonyl (C=O) groups excluding carboxylic acids is 1. The number of hydrogen-bond donors (Lipinski definition) is 0. The highest BCUT2D eigenvalue weighted by Crippen LogP contribution is 2.20. The Labute approximate surface area is 105 Å². The second-order valence-electron chi connectivity index (χ2n) is 3.44. The molecule has 2 aromatic carbocycles. The predicted octanol–water partition coefficient (Wildman–Crippen LogP) is 3.96. The molecule has 0 saturated carbocycles. The maximum absolute atomic E-state index is 13.4. The molecule has 0 unspecified atom stereocenters. The third-order valence-electron chi connectivity index (χ3n) is 2.30. The van der Waals surface area contributed by atoms with Crippen molar-refractivity contribution in [2.45, 2.75) is 0 Å². The molecule has 0 aliphatic rings. The van der Waals surface area contributed by atoms with Gasteiger partial charge in [-0.15, -0.1) is 0 Å². The standard InChI is InChI=1S/C13H7BrF2O/c14-10-7-8(5-6-12(10)16)13(17)9-3-1-2-4-11(9)15/h1-7H. The maximum atomic E-state index is 13.4. The molecule has 2 aromatic rings. The minimum Gasteiger partial charge on any atom is -0.288 e. The Kier molecular flexibility index (Phi) is 3.33. The zero-order valence-electron chi connectivity index (χ0n) is 8.58. The number of ketones is 1. The third kappa shape index (κ3) is 2.42. The summed E-state index contributed by atoms with van der Waals surface area (Å²) in [4.78, 5) is 11.9. The van der Waals surface area contributed by atoms with Gasteiger partial charge in [0.1, 0.15) is 11.6 Å². The van der Waals surface area contributed by atoms with Crippen LogP contribution in [0.4, 0.5) is 8.78 Å². The average molecular weight is 297 g/mol. The van der Waals surface area contributed by atoms with Crippen LogP contribution in [0.25, 0.3) is 0 Å². The highest BCUT2D eigenvalue weighted by molar-refractivity contribution is 9.10. The molecule has 0 aliphatic carbocycles. The Hall–Kier alpha value is -1.55. The summed E-state index contributed by atoms with van der Waals surface area (Å²) in [6, 6.07) is 9.53. The van der Waals surface area contributed by atoms with Crippen molar-refractivity contribution in [3.05, 3.63) is 69.7 Å². The van der Waals surface area contributed by atoms with Crippen molar-refractivity contribution in [3.8, 4) is 0 Å². The Morgan fingerprint density at radius 2 is 1.71 bits per heavy atom. The van der Waals surface area contributed by atoms with Crippen LogP contribution in [0.2, 0.25) is 0 Å². The van der Waals surface area contributed by atoms with E-state index in [9.17, 15) is 13.6 Å². The Bertz CT molecular complexity index is 581. The van der Waals surface area contributed by atoms with Gasteiger partial charge in [0.05, 0.1) is 10.0 Å². The normalized spacial score (nSPS) is 10.3. The lowest BCUT2D eigenvalue weighted by Gasteiger charge is -2.03. The number of rotatable bonds is 2. The number of hydrogen-bond acceptors (Lipinski definition) is 1. The van der Waals surface area contributed by atoms with E-state index in [-0.39, 0.29) is 15.6 Å². The number of halogens is 3. The van der Waals surface area contributed by atoms with Crippen molar-refractivity contribution in [3.63, 3.8) is 0 Å². The van der Waals surface area contributed by atoms with Crippen LogP contribution < -0.4 is 0 Å². The first-order chi connectivity index (χ1) is 8.09. The predicted molar refractivity (Wildman–Crippen MR) is 63.9 cm³/mol. The van der Waals surface area contributed by atoms with Gasteiger partial charge in [-0.25, -0.2) is 8.78 Å². The summed E-state index contributed by atoms with van der Waals surface area (Å²) < 4.78 is 26.6. The molecule has 0 saturated heterocycles. The molecule has 0 aliphatic heterocycles. The SMILES string of the molecule is O=C(c1ccc(F)c(Br)c1)c1ccccc1F. The Morgan fingerprint density at radius 1 is 1.00 bits per heavy atom. The molecule has 0 heterocycles. The zero-order chi connectivity index (χ0) is 12.4. The van der Waals surface area contributed by atoms with E-state index in [0.29, 0.717) is 0 Å². The molecule has 0 amide bonds. The highest BCUT2D eigenvalue weighted by Gasteiger charge is 2.14. The van der Waals surface area contributed by atoms with Crippen molar-refractivity contribution in [2.75, 3.05) is 0 Å². The van der Waals surface area contributed by atoms with Crippen LogP contribution in [-0.2, 0) is 0 Å². The minimum absolute atomic E-state index is 0.0222. The van der Waals surface area contributed by atoms with E-state index in [1.807, 2.05) is 0 Å². The largest absolute Gasteiger partial charge is 0.288 e. The summed E-state index contributed by atoms with van der Waals surface area (Å²) in [7, 11) is 0. The van der Waals surface area contributed by atoms with E-state index in [1.165, 1.54) is 30.3 Å². The highest BCUT2D eigenvalue weighted by atomic mass is 79.9. The lowest BCUT2D eigenvalue weighted by Crippen LogP contribution is -2.04. The maximum Gasteiger partial charge on any atom is 0.196 e. The summed E-state index contributed by atoms with van der Waals surface area (Å²) in [5.74, 6) is -1.52. The fourth-order valence-electron chi connectivity index (χ4n) is 1.44. The quantitative estimate of drug-likeness (QED) is 0.767. The van der Waals surface area contributed by atoms with Crippen LogP contribution in [-0.4, -0.2) is 5.78 Å². The molecule has 4 heteroatoms. The van der Waals surface area contributed by atoms with Crippen molar-refractivity contribution in [2.24, 2.45) is 0 Å². The summed E-state index contributed by atoms with van der Waals surface area (Å²) >= 11 is 2.98. The topological polar surface area (TPSA) is 17.1 Å². The Balaban J connectivity index is 2.44. The molecule has 0 bridgehead atoms. The first-order valence-electron chi connectivity index (χ1n) is 4.84. The molecule has 1 nitrogen and oxygen atoms in total. The molecule has 0 atom stereocenters. The molecule has 0 fully saturated rings. The molecule has 2 rings (SSSR count). The zero-order valence-corrected chi connectivity index (χ0v) is 10.2. The second kappa shape index (κ2) is 4.75. The summed E-state index contributed by atoms with van der Waals surface area (Å²) in [6.07, 6.45) is 0. The molecule has 17 heavy (non-hydrogen) atoms. The van der Waals surface area contributed by atoms with Gasteiger partial charge in [-0.3, -0.25) is 4.79 Å². The lowest BCUT2D eigenvalue weighted by molar-refractivity contribution is 0.103. The summed E-state index contributed by atoms with van der Waals surface area (Å²) in [6.45, 7) is 0. The van der Waals surface area contributed by atoms with Gasteiger partial charge in [0.15, 0.2) is 5.78 Å². The molecule has 86 valence electrons. The van der Waals surface area contributed by atoms with E-state index in [2.05, 4.69) is 15.9 Å². The first kappa shape index (κ1) is 11.9. The van der Waals surface area contributed by atoms with Crippen LogP contribution in [0, 0.1) is 11.6 Å². The molecule has 0 N–H and O–H groups in total. The van der Waals surface area contributed by atoms with Crippen molar-refractivity contribution in [1.82, 2.24) is 0 Å². The molecular formula is C13H7BrF2O. The number of carbonyl (C=O) groups is 1. The van der Waals surface area contributed by atoms with E-state index in [4.69, 9.17) is 0 Å². The van der Waals surface area contributed by atoms with E-state index >= 15 is 0 Å². The van der Waals surface area contributed by atoms with Gasteiger partial charge in [-0.1, -0.05) is 12.1 Å². The average Bonchev–Trinajstić information content (AvgIpc) is 2.32. The minimum atomic E-state index is -0.585. The fourth-order valence-corrected chi connectivity index (χ4v) is 1.82. The fraction of sp³-hybridized carbons (Fsp3) is 0. The van der Waals surface area contributed by atoms with Gasteiger partial charge in [0.2, 0.25) is 0 Å². The van der Waals surface area contributed by atoms with E-state index in [0.717, 1.165) is 6.07 Å². The van der Waals surface area contributed by atoms with Gasteiger partial charge in [0, 0.05) is 5.56 Å². The van der Waals surface area contributed by atoms with Crippen LogP contribution in [0.3, 0.4) is 0 Å². The molecule has 0 aromatic heterocycles. The third-order valence-corrected chi connectivity index (χ3v) is 2.91. The second-order valence-corrected chi connectivity index (χ2v) is 4.29.